The Morgan fingerprint density at radius 3 is 2.74 bits per heavy atom. The molecule has 2 aromatic rings. The number of ether oxygens (including phenoxy) is 1. The van der Waals surface area contributed by atoms with Crippen molar-refractivity contribution in [2.24, 2.45) is 0 Å². The lowest BCUT2D eigenvalue weighted by atomic mass is 9.91. The van der Waals surface area contributed by atoms with Gasteiger partial charge in [0.2, 0.25) is 0 Å². The summed E-state index contributed by atoms with van der Waals surface area (Å²) in [6, 6.07) is 12.6. The van der Waals surface area contributed by atoms with Crippen LogP contribution in [0.1, 0.15) is 23.5 Å². The topological polar surface area (TPSA) is 21.3 Å². The average molecular weight is 338 g/mol. The molecule has 1 aliphatic rings. The van der Waals surface area contributed by atoms with E-state index in [9.17, 15) is 0 Å². The molecule has 0 bridgehead atoms. The highest BCUT2D eigenvalue weighted by Gasteiger charge is 2.33. The van der Waals surface area contributed by atoms with Crippen LogP contribution in [0.3, 0.4) is 0 Å². The zero-order chi connectivity index (χ0) is 13.3. The summed E-state index contributed by atoms with van der Waals surface area (Å²) in [5.74, 6) is 0. The van der Waals surface area contributed by atoms with Gasteiger partial charge >= 0.3 is 0 Å². The third-order valence-corrected chi connectivity index (χ3v) is 5.35. The Kier molecular flexibility index (Phi) is 3.76. The molecule has 0 aliphatic carbocycles. The number of morpholine rings is 1. The van der Waals surface area contributed by atoms with Crippen LogP contribution in [-0.2, 0) is 10.3 Å². The molecular formula is C15H16BrNOS. The van der Waals surface area contributed by atoms with Gasteiger partial charge < -0.3 is 10.1 Å². The summed E-state index contributed by atoms with van der Waals surface area (Å²) in [6.45, 7) is 3.73. The van der Waals surface area contributed by atoms with Crippen molar-refractivity contribution in [3.05, 3.63) is 56.7 Å². The van der Waals surface area contributed by atoms with Gasteiger partial charge in [0, 0.05) is 21.3 Å². The van der Waals surface area contributed by atoms with Crippen molar-refractivity contribution in [2.75, 3.05) is 13.2 Å². The fraction of sp³-hybridized carbons (Fsp3) is 0.333. The number of thiophene rings is 1. The van der Waals surface area contributed by atoms with Crippen LogP contribution in [0, 0.1) is 0 Å². The van der Waals surface area contributed by atoms with Gasteiger partial charge in [-0.15, -0.1) is 11.3 Å². The van der Waals surface area contributed by atoms with Gasteiger partial charge in [-0.05, 0) is 34.5 Å². The van der Waals surface area contributed by atoms with Gasteiger partial charge in [-0.25, -0.2) is 0 Å². The van der Waals surface area contributed by atoms with Crippen molar-refractivity contribution in [1.82, 2.24) is 5.32 Å². The molecule has 1 aromatic heterocycles. The van der Waals surface area contributed by atoms with Crippen molar-refractivity contribution in [3.8, 4) is 0 Å². The maximum atomic E-state index is 6.07. The maximum Gasteiger partial charge on any atom is 0.104 e. The van der Waals surface area contributed by atoms with Gasteiger partial charge in [-0.1, -0.05) is 30.3 Å². The SMILES string of the molecule is CC1(c2ccccc2)COC(c2cc(Br)cs2)CN1. The Morgan fingerprint density at radius 1 is 1.37 bits per heavy atom. The highest BCUT2D eigenvalue weighted by Crippen LogP contribution is 2.33. The van der Waals surface area contributed by atoms with Crippen molar-refractivity contribution >= 4 is 27.3 Å². The molecule has 1 fully saturated rings. The molecule has 0 radical (unpaired) electrons. The van der Waals surface area contributed by atoms with E-state index in [1.54, 1.807) is 11.3 Å². The summed E-state index contributed by atoms with van der Waals surface area (Å²) >= 11 is 5.23. The molecule has 2 atom stereocenters. The van der Waals surface area contributed by atoms with E-state index in [2.05, 4.69) is 63.9 Å². The minimum absolute atomic E-state index is 0.0910. The minimum atomic E-state index is -0.0910. The van der Waals surface area contributed by atoms with Gasteiger partial charge in [-0.3, -0.25) is 0 Å². The van der Waals surface area contributed by atoms with Crippen molar-refractivity contribution in [3.63, 3.8) is 0 Å². The van der Waals surface area contributed by atoms with E-state index in [-0.39, 0.29) is 11.6 Å². The van der Waals surface area contributed by atoms with E-state index < -0.39 is 0 Å². The third kappa shape index (κ3) is 2.77. The van der Waals surface area contributed by atoms with Crippen LogP contribution in [0.4, 0.5) is 0 Å². The van der Waals surface area contributed by atoms with Crippen molar-refractivity contribution in [1.29, 1.82) is 0 Å². The fourth-order valence-electron chi connectivity index (χ4n) is 2.37. The molecule has 1 N–H and O–H groups in total. The molecule has 2 unspecified atom stereocenters. The zero-order valence-electron chi connectivity index (χ0n) is 10.7. The predicted molar refractivity (Wildman–Crippen MR) is 82.5 cm³/mol. The van der Waals surface area contributed by atoms with Crippen LogP contribution < -0.4 is 5.32 Å². The number of nitrogens with one attached hydrogen (secondary N) is 1. The van der Waals surface area contributed by atoms with E-state index in [0.717, 1.165) is 11.0 Å². The molecule has 0 amide bonds. The first-order valence-electron chi connectivity index (χ1n) is 6.33. The summed E-state index contributed by atoms with van der Waals surface area (Å²) in [6.07, 6.45) is 0.160. The van der Waals surface area contributed by atoms with Gasteiger partial charge in [-0.2, -0.15) is 0 Å². The monoisotopic (exact) mass is 337 g/mol. The second-order valence-electron chi connectivity index (χ2n) is 5.05. The van der Waals surface area contributed by atoms with Crippen LogP contribution in [0.15, 0.2) is 46.3 Å². The Morgan fingerprint density at radius 2 is 2.16 bits per heavy atom. The Balaban J connectivity index is 1.72. The molecule has 1 aromatic carbocycles. The Hall–Kier alpha value is -0.680. The summed E-state index contributed by atoms with van der Waals surface area (Å²) in [5.41, 5.74) is 1.19. The number of rotatable bonds is 2. The molecule has 1 saturated heterocycles. The van der Waals surface area contributed by atoms with Gasteiger partial charge in [0.05, 0.1) is 12.1 Å². The van der Waals surface area contributed by atoms with Crippen LogP contribution in [0.25, 0.3) is 0 Å². The average Bonchev–Trinajstić information content (AvgIpc) is 2.87. The van der Waals surface area contributed by atoms with E-state index >= 15 is 0 Å². The van der Waals surface area contributed by atoms with Crippen LogP contribution in [0.5, 0.6) is 0 Å². The molecule has 2 heterocycles. The fourth-order valence-corrected chi connectivity index (χ4v) is 3.86. The molecule has 3 rings (SSSR count). The van der Waals surface area contributed by atoms with Crippen LogP contribution >= 0.6 is 27.3 Å². The Labute approximate surface area is 125 Å². The molecule has 19 heavy (non-hydrogen) atoms. The third-order valence-electron chi connectivity index (χ3n) is 3.57. The number of halogens is 1. The largest absolute Gasteiger partial charge is 0.369 e. The zero-order valence-corrected chi connectivity index (χ0v) is 13.1. The van der Waals surface area contributed by atoms with Crippen molar-refractivity contribution < 1.29 is 4.74 Å². The first kappa shape index (κ1) is 13.3. The van der Waals surface area contributed by atoms with Crippen molar-refractivity contribution in [2.45, 2.75) is 18.6 Å². The van der Waals surface area contributed by atoms with E-state index in [1.165, 1.54) is 10.4 Å². The second kappa shape index (κ2) is 5.37. The maximum absolute atomic E-state index is 6.07. The highest BCUT2D eigenvalue weighted by atomic mass is 79.9. The molecule has 0 saturated carbocycles. The van der Waals surface area contributed by atoms with Crippen LogP contribution in [-0.4, -0.2) is 13.2 Å². The van der Waals surface area contributed by atoms with Gasteiger partial charge in [0.25, 0.3) is 0 Å². The first-order chi connectivity index (χ1) is 9.17. The molecule has 4 heteroatoms. The van der Waals surface area contributed by atoms with Gasteiger partial charge in [0.15, 0.2) is 0 Å². The summed E-state index contributed by atoms with van der Waals surface area (Å²) in [4.78, 5) is 1.27. The lowest BCUT2D eigenvalue weighted by molar-refractivity contribution is -0.0290. The molecular weight excluding hydrogens is 322 g/mol. The summed E-state index contributed by atoms with van der Waals surface area (Å²) < 4.78 is 7.21. The highest BCUT2D eigenvalue weighted by molar-refractivity contribution is 9.10. The number of benzene rings is 1. The Bertz CT molecular complexity index is 546. The first-order valence-corrected chi connectivity index (χ1v) is 8.01. The number of hydrogen-bond donors (Lipinski definition) is 1. The molecule has 100 valence electrons. The number of hydrogen-bond acceptors (Lipinski definition) is 3. The quantitative estimate of drug-likeness (QED) is 0.891. The molecule has 2 nitrogen and oxygen atoms in total. The molecule has 0 spiro atoms. The standard InChI is InChI=1S/C15H16BrNOS/c1-15(11-5-3-2-4-6-11)10-18-13(8-17-15)14-7-12(16)9-19-14/h2-7,9,13,17H,8,10H2,1H3. The minimum Gasteiger partial charge on any atom is -0.369 e. The smallest absolute Gasteiger partial charge is 0.104 e. The van der Waals surface area contributed by atoms with Gasteiger partial charge in [0.1, 0.15) is 6.10 Å². The lowest BCUT2D eigenvalue weighted by Gasteiger charge is -2.38. The summed E-state index contributed by atoms with van der Waals surface area (Å²) in [5, 5.41) is 5.74. The summed E-state index contributed by atoms with van der Waals surface area (Å²) in [7, 11) is 0. The lowest BCUT2D eigenvalue weighted by Crippen LogP contribution is -2.50. The van der Waals surface area contributed by atoms with E-state index in [1.807, 2.05) is 6.07 Å². The van der Waals surface area contributed by atoms with E-state index in [0.29, 0.717) is 6.61 Å². The molecule has 1 aliphatic heterocycles. The predicted octanol–water partition coefficient (Wildman–Crippen LogP) is 4.09. The normalized spacial score (nSPS) is 27.4. The van der Waals surface area contributed by atoms with E-state index in [4.69, 9.17) is 4.74 Å². The second-order valence-corrected chi connectivity index (χ2v) is 6.90. The van der Waals surface area contributed by atoms with Crippen LogP contribution in [0.2, 0.25) is 0 Å².